The molecule has 11 aromatic rings. The van der Waals surface area contributed by atoms with Crippen LogP contribution in [-0.2, 0) is 75.2 Å². The summed E-state index contributed by atoms with van der Waals surface area (Å²) in [5, 5.41) is 73.1. The Hall–Kier alpha value is -8.03. The zero-order valence-corrected chi connectivity index (χ0v) is 76.5. The van der Waals surface area contributed by atoms with E-state index in [1.165, 1.54) is 69.8 Å². The first-order chi connectivity index (χ1) is 53.8. The number of carbonyl (C=O) groups excluding carboxylic acids is 4. The molecule has 0 spiro atoms. The number of thiazole rings is 6. The van der Waals surface area contributed by atoms with Gasteiger partial charge in [-0.2, -0.15) is 24.5 Å². The number of nitrogens with two attached hydrogens (primary N) is 5. The first kappa shape index (κ1) is 106. The molecular formula is C71H101ClF2N14O18S10. The van der Waals surface area contributed by atoms with Gasteiger partial charge in [0.2, 0.25) is 11.0 Å². The molecular weight excluding hydrogens is 1730 g/mol. The molecule has 0 saturated heterocycles. The van der Waals surface area contributed by atoms with Gasteiger partial charge in [0.05, 0.1) is 115 Å². The number of oxazole rings is 1. The van der Waals surface area contributed by atoms with Gasteiger partial charge in [-0.3, -0.25) is 4.79 Å². The molecule has 0 aliphatic carbocycles. The van der Waals surface area contributed by atoms with Gasteiger partial charge in [0.1, 0.15) is 20.0 Å². The van der Waals surface area contributed by atoms with E-state index in [0.29, 0.717) is 90.2 Å². The number of halogens is 3. The van der Waals surface area contributed by atoms with Crippen LogP contribution in [0.2, 0.25) is 4.34 Å². The lowest BCUT2D eigenvalue weighted by atomic mass is 9.99. The Morgan fingerprint density at radius 3 is 1.49 bits per heavy atom. The molecule has 0 aliphatic heterocycles. The third-order valence-corrected chi connectivity index (χ3v) is 22.2. The van der Waals surface area contributed by atoms with E-state index in [4.69, 9.17) is 64.4 Å². The summed E-state index contributed by atoms with van der Waals surface area (Å²) in [6.07, 6.45) is 6.98. The van der Waals surface area contributed by atoms with E-state index in [9.17, 15) is 56.8 Å². The number of ether oxygens (including phenoxy) is 4. The fourth-order valence-corrected chi connectivity index (χ4v) is 16.0. The Morgan fingerprint density at radius 1 is 0.595 bits per heavy atom. The predicted octanol–water partition coefficient (Wildman–Crippen LogP) is 13.5. The quantitative estimate of drug-likeness (QED) is 0.0298. The molecule has 116 heavy (non-hydrogen) atoms. The van der Waals surface area contributed by atoms with Crippen LogP contribution in [0.25, 0.3) is 0 Å². The summed E-state index contributed by atoms with van der Waals surface area (Å²) in [4.78, 5) is 71.5. The van der Waals surface area contributed by atoms with Crippen LogP contribution in [0, 0.1) is 58.7 Å². The molecule has 0 saturated carbocycles. The van der Waals surface area contributed by atoms with Gasteiger partial charge < -0.3 is 87.2 Å². The van der Waals surface area contributed by atoms with Gasteiger partial charge >= 0.3 is 23.9 Å². The standard InChI is InChI=1S/C8H13NO3S2.C8H11NO2S.C8H12OS.C7H9NO2S.C7H11NO2.C6H6ClNO2S.C6H7FN2O2S.C6H8FNOS.C6H10N2O2.C6H10N2OS.C3H4N2S/c1-8(2,10)7-6(9)5(4-13-7)14(3,11)12;1-3-11-8(10)4-7-5-12-6(2)9-7;1-6-4-10-5-7(6)8(2,3)9;1-3-10-7(9)6-4-11-5(2)8-6;1-5-7(3-4-9)8-6(2)10-5;1-3-8-4(5(7)11-3)6(9)10-2;1-2-11-5(10)3-4(7)12-6(8)9-3;1-4-8-5(2-3-9)6(7)10-4;2*1-6(2,9)4-3-8-10-5(4)7;4-3-5-1-2-6-3/h4,10H,9H2,1-3H3;5H,3-4H2,1-2H3;4-5,9H,1-3H3;4H,3H2,1-2H3;9H,3-4H2,1-2H3;1-2H3;2H2,1H3,(H2,8,9);9H,2-3H2,1H3;2*3,9H,7H2,1-2H3;1-2H,(H2,4,5). The lowest BCUT2D eigenvalue weighted by Gasteiger charge is -2.16. The molecule has 32 nitrogen and oxygen atoms in total. The third kappa shape index (κ3) is 39.9. The van der Waals surface area contributed by atoms with Gasteiger partial charge in [-0.25, -0.2) is 57.7 Å². The fraction of sp³-hybridized carbons (Fsp3) is 0.451. The number of anilines is 5. The molecule has 11 rings (SSSR count). The highest BCUT2D eigenvalue weighted by molar-refractivity contribution is 7.91. The summed E-state index contributed by atoms with van der Waals surface area (Å²) in [7, 11) is -2.00. The molecule has 45 heteroatoms. The van der Waals surface area contributed by atoms with Crippen molar-refractivity contribution >= 4 is 174 Å². The Kier molecular flexibility index (Phi) is 46.9. The van der Waals surface area contributed by atoms with Crippen LogP contribution in [0.5, 0.6) is 0 Å². The monoisotopic (exact) mass is 1830 g/mol. The molecule has 16 N–H and O–H groups in total. The lowest BCUT2D eigenvalue weighted by molar-refractivity contribution is -0.142. The zero-order valence-electron chi connectivity index (χ0n) is 67.6. The largest absolute Gasteiger partial charge is 0.466 e. The molecule has 644 valence electrons. The van der Waals surface area contributed by atoms with Gasteiger partial charge in [0, 0.05) is 78.7 Å². The van der Waals surface area contributed by atoms with Crippen LogP contribution in [0.3, 0.4) is 0 Å². The maximum atomic E-state index is 12.8. The molecule has 0 unspecified atom stereocenters. The number of esters is 4. The highest BCUT2D eigenvalue weighted by Crippen LogP contribution is 2.37. The van der Waals surface area contributed by atoms with Crippen molar-refractivity contribution in [3.05, 3.63) is 158 Å². The highest BCUT2D eigenvalue weighted by atomic mass is 35.5. The average molecular weight is 1830 g/mol. The average Bonchev–Trinajstić information content (AvgIpc) is 1.65. The lowest BCUT2D eigenvalue weighted by Crippen LogP contribution is -2.16. The fourth-order valence-electron chi connectivity index (χ4n) is 8.14. The maximum absolute atomic E-state index is 12.8. The Balaban J connectivity index is 0.000000640. The smallest absolute Gasteiger partial charge is 0.361 e. The van der Waals surface area contributed by atoms with Gasteiger partial charge in [0.25, 0.3) is 0 Å². The van der Waals surface area contributed by atoms with Gasteiger partial charge in [-0.1, -0.05) is 39.4 Å². The SMILES string of the molecule is CC(C)(O)c1cnoc1N.CC(C)(O)c1cnsc1N.CC(C)(O)c1scc(S(C)(=O)=O)c1N.CCOC(=O)Cc1csc(C)n1.CCOC(=O)c1csc(C)n1.CCOC(=O)c1nc(N)sc1F.COC(=O)c1nc(C)sc1Cl.Cc1cscc1C(C)(C)O.Cc1nc(CCO)c(C)o1.Cc1nc(CCO)c(F)s1.Nc1nccs1. The third-order valence-electron chi connectivity index (χ3n) is 13.2. The van der Waals surface area contributed by atoms with Crippen molar-refractivity contribution in [3.8, 4) is 0 Å². The predicted molar refractivity (Wildman–Crippen MR) is 456 cm³/mol. The number of rotatable bonds is 17. The number of aliphatic hydroxyl groups is 6. The van der Waals surface area contributed by atoms with E-state index in [1.807, 2.05) is 63.1 Å². The van der Waals surface area contributed by atoms with Crippen molar-refractivity contribution in [1.82, 2.24) is 44.4 Å². The van der Waals surface area contributed by atoms with Crippen LogP contribution in [0.4, 0.5) is 35.6 Å². The zero-order chi connectivity index (χ0) is 88.8. The first-order valence-corrected chi connectivity index (χ1v) is 44.1. The number of aliphatic hydroxyl groups excluding tert-OH is 2. The van der Waals surface area contributed by atoms with Gasteiger partial charge in [0.15, 0.2) is 48.2 Å². The van der Waals surface area contributed by atoms with Crippen molar-refractivity contribution in [2.45, 2.75) is 171 Å². The molecule has 0 radical (unpaired) electrons. The summed E-state index contributed by atoms with van der Waals surface area (Å²) in [5.41, 5.74) is 29.2. The Bertz CT molecular complexity index is 4660. The van der Waals surface area contributed by atoms with Crippen molar-refractivity contribution in [3.63, 3.8) is 0 Å². The Morgan fingerprint density at radius 2 is 1.16 bits per heavy atom. The number of hydrogen-bond donors (Lipinski definition) is 11. The van der Waals surface area contributed by atoms with Crippen LogP contribution >= 0.6 is 114 Å². The van der Waals surface area contributed by atoms with E-state index in [2.05, 4.69) is 58.4 Å². The van der Waals surface area contributed by atoms with Crippen LogP contribution in [-0.4, -0.2) is 154 Å². The minimum atomic E-state index is -3.30. The van der Waals surface area contributed by atoms with E-state index in [1.54, 1.807) is 124 Å². The summed E-state index contributed by atoms with van der Waals surface area (Å²) in [6, 6.07) is 0. The number of nitrogen functional groups attached to an aromatic ring is 5. The summed E-state index contributed by atoms with van der Waals surface area (Å²) >= 11 is 17.0. The second kappa shape index (κ2) is 51.3. The summed E-state index contributed by atoms with van der Waals surface area (Å²) in [6.45, 7) is 32.7. The number of sulfone groups is 1. The number of aromatic nitrogens is 9. The molecule has 0 bridgehead atoms. The number of methoxy groups -OCH3 is 1. The van der Waals surface area contributed by atoms with E-state index in [-0.39, 0.29) is 76.3 Å². The molecule has 11 heterocycles. The van der Waals surface area contributed by atoms with Crippen LogP contribution in [0.15, 0.2) is 64.7 Å². The summed E-state index contributed by atoms with van der Waals surface area (Å²) in [5.74, 6) is -0.151. The summed E-state index contributed by atoms with van der Waals surface area (Å²) < 4.78 is 80.3. The van der Waals surface area contributed by atoms with Crippen molar-refractivity contribution in [2.75, 3.05) is 75.1 Å². The molecule has 0 amide bonds. The normalized spacial score (nSPS) is 10.8. The molecule has 11 aromatic heterocycles. The number of carbonyl (C=O) groups is 4. The number of thiophene rings is 2. The molecule has 0 fully saturated rings. The Labute approximate surface area is 712 Å². The van der Waals surface area contributed by atoms with Gasteiger partial charge in [-0.15, -0.1) is 56.7 Å². The minimum absolute atomic E-state index is 0.0237. The molecule has 0 atom stereocenters. The molecule has 0 aromatic carbocycles. The number of aryl methyl sites for hydroxylation is 7. The number of nitrogens with zero attached hydrogens (tertiary/aromatic N) is 9. The second-order valence-electron chi connectivity index (χ2n) is 25.1. The van der Waals surface area contributed by atoms with Crippen molar-refractivity contribution in [2.24, 2.45) is 0 Å². The topological polar surface area (TPSA) is 533 Å². The van der Waals surface area contributed by atoms with Crippen LogP contribution in [0.1, 0.15) is 184 Å². The van der Waals surface area contributed by atoms with E-state index in [0.717, 1.165) is 66.7 Å². The van der Waals surface area contributed by atoms with E-state index >= 15 is 0 Å². The highest BCUT2D eigenvalue weighted by Gasteiger charge is 2.27. The van der Waals surface area contributed by atoms with Gasteiger partial charge in [-0.05, 0) is 151 Å². The minimum Gasteiger partial charge on any atom is -0.466 e. The maximum Gasteiger partial charge on any atom is 0.361 e. The van der Waals surface area contributed by atoms with Crippen molar-refractivity contribution < 1.29 is 94.9 Å². The second-order valence-corrected chi connectivity index (χ2v) is 36.5. The molecule has 0 aliphatic rings. The van der Waals surface area contributed by atoms with Crippen LogP contribution < -0.4 is 28.7 Å². The first-order valence-electron chi connectivity index (χ1n) is 34.1. The van der Waals surface area contributed by atoms with E-state index < -0.39 is 49.3 Å². The van der Waals surface area contributed by atoms with Crippen molar-refractivity contribution in [1.29, 1.82) is 0 Å². The number of hydrogen-bond acceptors (Lipinski definition) is 41.